The molecule has 0 aromatic heterocycles. The molecule has 266 valence electrons. The van der Waals surface area contributed by atoms with Gasteiger partial charge >= 0.3 is 55.8 Å². The fraction of sp³-hybridized carbons (Fsp3) is 1.00. The highest BCUT2D eigenvalue weighted by Crippen LogP contribution is 2.64. The molecule has 0 amide bonds. The number of hydrogen-bond acceptors (Lipinski definition) is 5. The maximum absolute atomic E-state index is 14.6. The second kappa shape index (κ2) is 13.5. The van der Waals surface area contributed by atoms with Crippen LogP contribution in [0.1, 0.15) is 34.1 Å². The molecule has 0 aliphatic carbocycles. The van der Waals surface area contributed by atoms with E-state index in [-0.39, 0.29) is 19.8 Å². The van der Waals surface area contributed by atoms with E-state index in [9.17, 15) is 83.1 Å². The molecule has 0 aromatic rings. The van der Waals surface area contributed by atoms with Crippen molar-refractivity contribution >= 4 is 18.8 Å². The third-order valence-corrected chi connectivity index (χ3v) is 10.9. The highest BCUT2D eigenvalue weighted by molar-refractivity contribution is 7.90. The van der Waals surface area contributed by atoms with Gasteiger partial charge in [0.25, 0.3) is 10.0 Å². The normalized spacial score (nSPS) is 15.8. The second-order valence-corrected chi connectivity index (χ2v) is 13.3. The molecule has 0 rings (SSSR count). The van der Waals surface area contributed by atoms with E-state index in [4.69, 9.17) is 13.3 Å². The van der Waals surface area contributed by atoms with Crippen molar-refractivity contribution in [2.45, 2.75) is 87.1 Å². The summed E-state index contributed by atoms with van der Waals surface area (Å²) in [5, 5.41) is -7.60. The van der Waals surface area contributed by atoms with Crippen LogP contribution in [-0.4, -0.2) is 101 Å². The van der Waals surface area contributed by atoms with Crippen LogP contribution >= 0.6 is 0 Å². The van der Waals surface area contributed by atoms with Crippen LogP contribution in [0, 0.1) is 0 Å². The summed E-state index contributed by atoms with van der Waals surface area (Å²) in [6.07, 6.45) is -8.60. The van der Waals surface area contributed by atoms with E-state index < -0.39 is 95.7 Å². The van der Waals surface area contributed by atoms with Crippen molar-refractivity contribution in [2.75, 3.05) is 32.9 Å². The number of alkyl halides is 17. The van der Waals surface area contributed by atoms with Gasteiger partial charge in [0, 0.05) is 39.0 Å². The molecule has 44 heavy (non-hydrogen) atoms. The van der Waals surface area contributed by atoms with Gasteiger partial charge in [0.1, 0.15) is 0 Å². The lowest BCUT2D eigenvalue weighted by Crippen LogP contribution is -2.75. The van der Waals surface area contributed by atoms with Crippen molar-refractivity contribution in [1.29, 1.82) is 0 Å². The minimum Gasteiger partial charge on any atom is -0.374 e. The van der Waals surface area contributed by atoms with E-state index in [2.05, 4.69) is 0 Å². The number of sulfonamides is 1. The topological polar surface area (TPSA) is 65.1 Å². The Balaban J connectivity index is 6.72. The Bertz CT molecular complexity index is 1040. The summed E-state index contributed by atoms with van der Waals surface area (Å²) in [4.78, 5) is 0. The molecule has 0 aliphatic rings. The summed E-state index contributed by atoms with van der Waals surface area (Å²) in [5.74, 6) is -51.8. The largest absolute Gasteiger partial charge is 0.500 e. The van der Waals surface area contributed by atoms with Crippen molar-refractivity contribution in [3.05, 3.63) is 0 Å². The van der Waals surface area contributed by atoms with Gasteiger partial charge in [-0.25, -0.2) is 8.42 Å². The third-order valence-electron chi connectivity index (χ3n) is 5.69. The van der Waals surface area contributed by atoms with Crippen LogP contribution in [0.15, 0.2) is 0 Å². The van der Waals surface area contributed by atoms with Gasteiger partial charge in [-0.05, 0) is 27.2 Å². The van der Waals surface area contributed by atoms with Crippen LogP contribution in [0.2, 0.25) is 6.04 Å². The van der Waals surface area contributed by atoms with Crippen LogP contribution in [-0.2, 0) is 23.3 Å². The van der Waals surface area contributed by atoms with Gasteiger partial charge in [-0.1, -0.05) is 6.92 Å². The predicted octanol–water partition coefficient (Wildman–Crippen LogP) is 7.04. The molecule has 0 saturated carbocycles. The first-order chi connectivity index (χ1) is 19.3. The standard InChI is InChI=1S/C19H26F17NO5SSi/c1-5-37(10-9-11-44(40-6-2,41-7-3)42-8-4)43(38,39)19(35,36)17(30,31)15(26,27)13(22,23)12(20,21)14(24,25)16(28,29)18(32,33)34/h5-11H2,1-4H3. The summed E-state index contributed by atoms with van der Waals surface area (Å²) >= 11 is 0. The minimum absolute atomic E-state index is 0.0891. The predicted molar refractivity (Wildman–Crippen MR) is 117 cm³/mol. The first kappa shape index (κ1) is 42.8. The van der Waals surface area contributed by atoms with Gasteiger partial charge in [0.05, 0.1) is 0 Å². The van der Waals surface area contributed by atoms with Crippen LogP contribution in [0.3, 0.4) is 0 Å². The maximum atomic E-state index is 14.6. The van der Waals surface area contributed by atoms with E-state index in [1.165, 1.54) is 20.8 Å². The highest BCUT2D eigenvalue weighted by Gasteiger charge is 2.96. The number of hydrogen-bond donors (Lipinski definition) is 0. The molecular formula is C19H26F17NO5SSi. The lowest BCUT2D eigenvalue weighted by molar-refractivity contribution is -0.458. The fourth-order valence-electron chi connectivity index (χ4n) is 3.39. The Morgan fingerprint density at radius 3 is 1.16 bits per heavy atom. The van der Waals surface area contributed by atoms with Crippen molar-refractivity contribution in [3.8, 4) is 0 Å². The molecule has 0 saturated heterocycles. The number of rotatable bonds is 19. The summed E-state index contributed by atoms with van der Waals surface area (Å²) in [6.45, 7) is 2.00. The fourth-order valence-corrected chi connectivity index (χ4v) is 7.47. The van der Waals surface area contributed by atoms with Gasteiger partial charge in [-0.2, -0.15) is 78.9 Å². The Hall–Kier alpha value is -1.18. The average Bonchev–Trinajstić information content (AvgIpc) is 2.85. The Kier molecular flexibility index (Phi) is 13.1. The highest BCUT2D eigenvalue weighted by atomic mass is 32.2. The van der Waals surface area contributed by atoms with Crippen molar-refractivity contribution in [2.24, 2.45) is 0 Å². The van der Waals surface area contributed by atoms with Crippen LogP contribution in [0.5, 0.6) is 0 Å². The van der Waals surface area contributed by atoms with Crippen molar-refractivity contribution < 1.29 is 96.3 Å². The summed E-state index contributed by atoms with van der Waals surface area (Å²) in [7, 11) is -11.1. The van der Waals surface area contributed by atoms with Crippen LogP contribution in [0.4, 0.5) is 74.6 Å². The van der Waals surface area contributed by atoms with E-state index in [1.807, 2.05) is 0 Å². The Labute approximate surface area is 240 Å². The lowest BCUT2D eigenvalue weighted by atomic mass is 9.91. The summed E-state index contributed by atoms with van der Waals surface area (Å²) < 4.78 is 270. The monoisotopic (exact) mass is 731 g/mol. The first-order valence-electron chi connectivity index (χ1n) is 12.0. The molecule has 0 aliphatic heterocycles. The zero-order valence-electron chi connectivity index (χ0n) is 22.8. The maximum Gasteiger partial charge on any atom is 0.500 e. The molecular weight excluding hydrogens is 705 g/mol. The molecule has 25 heteroatoms. The van der Waals surface area contributed by atoms with Crippen LogP contribution < -0.4 is 0 Å². The summed E-state index contributed by atoms with van der Waals surface area (Å²) in [6, 6.07) is -0.459. The third kappa shape index (κ3) is 6.76. The number of nitrogens with zero attached hydrogens (tertiary/aromatic N) is 1. The van der Waals surface area contributed by atoms with Gasteiger partial charge in [-0.3, -0.25) is 0 Å². The smallest absolute Gasteiger partial charge is 0.374 e. The van der Waals surface area contributed by atoms with Gasteiger partial charge < -0.3 is 13.3 Å². The minimum atomic E-state index is -8.88. The van der Waals surface area contributed by atoms with E-state index in [0.717, 1.165) is 0 Å². The van der Waals surface area contributed by atoms with Crippen molar-refractivity contribution in [3.63, 3.8) is 0 Å². The van der Waals surface area contributed by atoms with Gasteiger partial charge in [0.15, 0.2) is 0 Å². The second-order valence-electron chi connectivity index (χ2n) is 8.54. The molecule has 0 heterocycles. The van der Waals surface area contributed by atoms with Gasteiger partial charge in [0.2, 0.25) is 0 Å². The molecule has 0 aromatic carbocycles. The van der Waals surface area contributed by atoms with E-state index in [0.29, 0.717) is 6.92 Å². The Morgan fingerprint density at radius 2 is 0.864 bits per heavy atom. The zero-order chi connectivity index (χ0) is 35.6. The SMILES string of the molecule is CCO[Si](CCCN(CC)S(=O)(=O)C(F)(F)C(F)(F)C(F)(F)C(F)(F)C(F)(F)C(F)(F)C(F)(F)C(F)(F)F)(OCC)OCC. The first-order valence-corrected chi connectivity index (χ1v) is 15.3. The molecule has 0 unspecified atom stereocenters. The van der Waals surface area contributed by atoms with E-state index in [1.54, 1.807) is 0 Å². The molecule has 0 bridgehead atoms. The summed E-state index contributed by atoms with van der Waals surface area (Å²) in [5.41, 5.74) is 0. The Morgan fingerprint density at radius 1 is 0.545 bits per heavy atom. The van der Waals surface area contributed by atoms with Crippen LogP contribution in [0.25, 0.3) is 0 Å². The van der Waals surface area contributed by atoms with E-state index >= 15 is 0 Å². The quantitative estimate of drug-likeness (QED) is 0.105. The van der Waals surface area contributed by atoms with Crippen molar-refractivity contribution in [1.82, 2.24) is 4.31 Å². The molecule has 0 spiro atoms. The van der Waals surface area contributed by atoms with Gasteiger partial charge in [-0.15, -0.1) is 0 Å². The molecule has 0 atom stereocenters. The average molecular weight is 732 g/mol. The molecule has 0 radical (unpaired) electrons. The molecule has 6 nitrogen and oxygen atoms in total. The zero-order valence-corrected chi connectivity index (χ0v) is 24.6. The lowest BCUT2D eigenvalue weighted by Gasteiger charge is -2.43. The molecule has 0 N–H and O–H groups in total. The molecule has 0 fully saturated rings. The number of halogens is 17.